The predicted molar refractivity (Wildman–Crippen MR) is 117 cm³/mol. The van der Waals surface area contributed by atoms with Crippen LogP contribution in [0.15, 0.2) is 47.6 Å². The minimum absolute atomic E-state index is 0.0486. The van der Waals surface area contributed by atoms with Crippen LogP contribution in [0.4, 0.5) is 5.69 Å². The summed E-state index contributed by atoms with van der Waals surface area (Å²) in [5.41, 5.74) is 1.12. The highest BCUT2D eigenvalue weighted by Crippen LogP contribution is 2.42. The molecule has 0 spiro atoms. The van der Waals surface area contributed by atoms with E-state index in [0.29, 0.717) is 20.8 Å². The van der Waals surface area contributed by atoms with E-state index in [2.05, 4.69) is 0 Å². The predicted octanol–water partition coefficient (Wildman–Crippen LogP) is 6.08. The molecule has 2 aromatic carbocycles. The monoisotopic (exact) mass is 454 g/mol. The Bertz CT molecular complexity index is 945. The molecular weight excluding hydrogens is 435 g/mol. The zero-order chi connectivity index (χ0) is 21.3. The van der Waals surface area contributed by atoms with Crippen LogP contribution in [0.1, 0.15) is 32.4 Å². The van der Waals surface area contributed by atoms with Gasteiger partial charge in [-0.15, -0.1) is 0 Å². The lowest BCUT2D eigenvalue weighted by Crippen LogP contribution is -2.37. The first-order valence-corrected chi connectivity index (χ1v) is 10.2. The minimum atomic E-state index is -1.32. The number of nitrogens with zero attached hydrogens (tertiary/aromatic N) is 2. The summed E-state index contributed by atoms with van der Waals surface area (Å²) >= 11 is 18.6. The molecule has 1 aliphatic heterocycles. The highest BCUT2D eigenvalue weighted by Gasteiger charge is 2.38. The molecule has 1 N–H and O–H groups in total. The van der Waals surface area contributed by atoms with Crippen LogP contribution in [0.3, 0.4) is 0 Å². The summed E-state index contributed by atoms with van der Waals surface area (Å²) < 4.78 is 5.65. The van der Waals surface area contributed by atoms with Crippen LogP contribution in [-0.2, 0) is 9.53 Å². The van der Waals surface area contributed by atoms with E-state index in [1.165, 1.54) is 13.8 Å². The number of hydrazone groups is 1. The van der Waals surface area contributed by atoms with Gasteiger partial charge in [0.05, 0.1) is 29.1 Å². The van der Waals surface area contributed by atoms with Crippen molar-refractivity contribution >= 4 is 52.2 Å². The summed E-state index contributed by atoms with van der Waals surface area (Å²) in [4.78, 5) is 11.4. The van der Waals surface area contributed by atoms with Crippen LogP contribution in [-0.4, -0.2) is 29.0 Å². The van der Waals surface area contributed by atoms with Gasteiger partial charge in [-0.1, -0.05) is 53.9 Å². The van der Waals surface area contributed by atoms with E-state index in [-0.39, 0.29) is 18.6 Å². The van der Waals surface area contributed by atoms with E-state index in [1.807, 2.05) is 42.3 Å². The zero-order valence-corrected chi connectivity index (χ0v) is 18.5. The first kappa shape index (κ1) is 21.9. The van der Waals surface area contributed by atoms with E-state index in [0.717, 1.165) is 11.3 Å². The van der Waals surface area contributed by atoms with Gasteiger partial charge in [0.1, 0.15) is 0 Å². The number of hydrogen-bond acceptors (Lipinski definition) is 4. The van der Waals surface area contributed by atoms with Crippen molar-refractivity contribution in [2.24, 2.45) is 11.0 Å². The van der Waals surface area contributed by atoms with Crippen LogP contribution in [0.2, 0.25) is 15.1 Å². The fourth-order valence-electron chi connectivity index (χ4n) is 3.12. The molecule has 0 fully saturated rings. The van der Waals surface area contributed by atoms with Crippen molar-refractivity contribution in [2.75, 3.05) is 11.6 Å². The Hall–Kier alpha value is -1.79. The summed E-state index contributed by atoms with van der Waals surface area (Å²) in [6.45, 7) is 5.14. The van der Waals surface area contributed by atoms with Gasteiger partial charge in [-0.2, -0.15) is 5.10 Å². The molecule has 0 radical (unpaired) electrons. The number of aliphatic carboxylic acids is 1. The highest BCUT2D eigenvalue weighted by molar-refractivity contribution is 6.36. The molecule has 0 saturated heterocycles. The maximum absolute atomic E-state index is 11.4. The van der Waals surface area contributed by atoms with E-state index in [1.54, 1.807) is 12.1 Å². The Labute approximate surface area is 184 Å². The van der Waals surface area contributed by atoms with Crippen molar-refractivity contribution in [1.82, 2.24) is 0 Å². The summed E-state index contributed by atoms with van der Waals surface area (Å²) in [5.74, 6) is -1.08. The second-order valence-electron chi connectivity index (χ2n) is 7.42. The van der Waals surface area contributed by atoms with Crippen LogP contribution in [0, 0.1) is 5.92 Å². The molecule has 0 aromatic heterocycles. The number of hydrogen-bond donors (Lipinski definition) is 1. The van der Waals surface area contributed by atoms with Gasteiger partial charge in [0.2, 0.25) is 0 Å². The van der Waals surface area contributed by atoms with Gasteiger partial charge in [-0.25, -0.2) is 4.79 Å². The molecule has 1 aliphatic rings. The van der Waals surface area contributed by atoms with Crippen LogP contribution in [0.5, 0.6) is 0 Å². The van der Waals surface area contributed by atoms with E-state index >= 15 is 0 Å². The SMILES string of the molecule is CC1C(COC(C)(C)C(=O)O)=NN(c2ccc(Cl)cc2Cl)C1c1ccc(Cl)cc1. The molecule has 8 heteroatoms. The highest BCUT2D eigenvalue weighted by atomic mass is 35.5. The third-order valence-corrected chi connectivity index (χ3v) is 5.75. The second kappa shape index (κ2) is 8.52. The van der Waals surface area contributed by atoms with Crippen LogP contribution < -0.4 is 5.01 Å². The van der Waals surface area contributed by atoms with Gasteiger partial charge in [0.25, 0.3) is 0 Å². The van der Waals surface area contributed by atoms with Crippen molar-refractivity contribution in [3.05, 3.63) is 63.1 Å². The van der Waals surface area contributed by atoms with Crippen molar-refractivity contribution in [1.29, 1.82) is 0 Å². The smallest absolute Gasteiger partial charge is 0.335 e. The molecule has 5 nitrogen and oxygen atoms in total. The number of anilines is 1. The van der Waals surface area contributed by atoms with E-state index < -0.39 is 11.6 Å². The molecule has 154 valence electrons. The first-order valence-electron chi connectivity index (χ1n) is 9.04. The maximum atomic E-state index is 11.4. The van der Waals surface area contributed by atoms with Gasteiger partial charge in [-0.3, -0.25) is 5.01 Å². The van der Waals surface area contributed by atoms with Crippen LogP contribution in [0.25, 0.3) is 0 Å². The minimum Gasteiger partial charge on any atom is -0.479 e. The molecule has 2 aromatic rings. The van der Waals surface area contributed by atoms with Gasteiger partial charge in [0.15, 0.2) is 5.60 Å². The number of benzene rings is 2. The lowest BCUT2D eigenvalue weighted by atomic mass is 9.91. The maximum Gasteiger partial charge on any atom is 0.335 e. The van der Waals surface area contributed by atoms with Crippen molar-refractivity contribution in [3.63, 3.8) is 0 Å². The Balaban J connectivity index is 1.98. The first-order chi connectivity index (χ1) is 13.6. The standard InChI is InChI=1S/C21H21Cl3N2O3/c1-12-17(11-29-21(2,3)20(27)28)25-26(18-9-8-15(23)10-16(18)24)19(12)13-4-6-14(22)7-5-13/h4-10,12,19H,11H2,1-3H3,(H,27,28). The largest absolute Gasteiger partial charge is 0.479 e. The Morgan fingerprint density at radius 1 is 1.14 bits per heavy atom. The van der Waals surface area contributed by atoms with Crippen molar-refractivity contribution < 1.29 is 14.6 Å². The van der Waals surface area contributed by atoms with Crippen LogP contribution >= 0.6 is 34.8 Å². The lowest BCUT2D eigenvalue weighted by Gasteiger charge is -2.28. The zero-order valence-electron chi connectivity index (χ0n) is 16.2. The quantitative estimate of drug-likeness (QED) is 0.573. The second-order valence-corrected chi connectivity index (χ2v) is 8.70. The number of carbonyl (C=O) groups is 1. The van der Waals surface area contributed by atoms with Gasteiger partial charge < -0.3 is 9.84 Å². The fourth-order valence-corrected chi connectivity index (χ4v) is 3.74. The molecule has 3 rings (SSSR count). The average Bonchev–Trinajstić information content (AvgIpc) is 2.97. The Kier molecular flexibility index (Phi) is 6.44. The molecule has 2 unspecified atom stereocenters. The number of rotatable bonds is 6. The molecule has 2 atom stereocenters. The van der Waals surface area contributed by atoms with E-state index in [9.17, 15) is 9.90 Å². The lowest BCUT2D eigenvalue weighted by molar-refractivity contribution is -0.159. The molecular formula is C21H21Cl3N2O3. The Morgan fingerprint density at radius 3 is 2.34 bits per heavy atom. The molecule has 29 heavy (non-hydrogen) atoms. The fraction of sp³-hybridized carbons (Fsp3) is 0.333. The summed E-state index contributed by atoms with van der Waals surface area (Å²) in [6.07, 6.45) is 0. The van der Waals surface area contributed by atoms with Gasteiger partial charge >= 0.3 is 5.97 Å². The summed E-state index contributed by atoms with van der Waals surface area (Å²) in [5, 5.41) is 17.5. The van der Waals surface area contributed by atoms with Crippen molar-refractivity contribution in [3.8, 4) is 0 Å². The number of halogens is 3. The molecule has 0 bridgehead atoms. The topological polar surface area (TPSA) is 62.1 Å². The van der Waals surface area contributed by atoms with E-state index in [4.69, 9.17) is 44.6 Å². The molecule has 1 heterocycles. The van der Waals surface area contributed by atoms with Gasteiger partial charge in [-0.05, 0) is 49.7 Å². The summed E-state index contributed by atoms with van der Waals surface area (Å²) in [7, 11) is 0. The number of ether oxygens (including phenoxy) is 1. The third kappa shape index (κ3) is 4.69. The summed E-state index contributed by atoms with van der Waals surface area (Å²) in [6, 6.07) is 12.6. The average molecular weight is 456 g/mol. The molecule has 0 aliphatic carbocycles. The normalized spacial score (nSPS) is 19.4. The number of carboxylic acids is 1. The molecule has 0 amide bonds. The molecule has 0 saturated carbocycles. The third-order valence-electron chi connectivity index (χ3n) is 4.96. The van der Waals surface area contributed by atoms with Gasteiger partial charge in [0, 0.05) is 16.0 Å². The van der Waals surface area contributed by atoms with Crippen molar-refractivity contribution in [2.45, 2.75) is 32.4 Å². The number of carboxylic acid groups (broad SMARTS) is 1. The Morgan fingerprint density at radius 2 is 1.76 bits per heavy atom.